The van der Waals surface area contributed by atoms with Crippen LogP contribution in [0.15, 0.2) is 23.8 Å². The number of rotatable bonds is 5. The summed E-state index contributed by atoms with van der Waals surface area (Å²) in [4.78, 5) is 38.7. The van der Waals surface area contributed by atoms with Gasteiger partial charge in [0.2, 0.25) is 5.78 Å². The summed E-state index contributed by atoms with van der Waals surface area (Å²) in [7, 11) is 0. The number of allylic oxidation sites excluding steroid dienone is 4. The highest BCUT2D eigenvalue weighted by atomic mass is 16.7. The fourth-order valence-corrected chi connectivity index (χ4v) is 9.62. The van der Waals surface area contributed by atoms with Crippen molar-refractivity contribution in [2.45, 2.75) is 110 Å². The topological polar surface area (TPSA) is 99.1 Å². The predicted molar refractivity (Wildman–Crippen MR) is 143 cm³/mol. The van der Waals surface area contributed by atoms with Gasteiger partial charge in [-0.15, -0.1) is 0 Å². The van der Waals surface area contributed by atoms with Gasteiger partial charge in [0.05, 0.1) is 18.1 Å². The minimum absolute atomic E-state index is 0.0162. The third-order valence-corrected chi connectivity index (χ3v) is 11.5. The first-order valence-corrected chi connectivity index (χ1v) is 15.2. The maximum Gasteiger partial charge on any atom is 0.308 e. The van der Waals surface area contributed by atoms with Crippen LogP contribution in [0.1, 0.15) is 85.5 Å². The second-order valence-corrected chi connectivity index (χ2v) is 13.9. The van der Waals surface area contributed by atoms with Gasteiger partial charge in [0.15, 0.2) is 24.3 Å². The zero-order chi connectivity index (χ0) is 27.7. The highest BCUT2D eigenvalue weighted by Crippen LogP contribution is 2.70. The van der Waals surface area contributed by atoms with Gasteiger partial charge in [-0.25, -0.2) is 0 Å². The SMILES string of the molecule is CC(C)C(=O)OCC(=O)[C@@]12O[C@H](C3CCCCC3)O[C@@H]1CC1C3CCC4=CC(=O)C=C[C@]4(C)C3[C@@H](O)CC12C. The van der Waals surface area contributed by atoms with Crippen LogP contribution >= 0.6 is 0 Å². The number of aliphatic hydroxyl groups excluding tert-OH is 1. The Bertz CT molecular complexity index is 1100. The Balaban J connectivity index is 1.35. The van der Waals surface area contributed by atoms with E-state index in [-0.39, 0.29) is 53.2 Å². The van der Waals surface area contributed by atoms with E-state index in [4.69, 9.17) is 14.2 Å². The van der Waals surface area contributed by atoms with Crippen LogP contribution in [0.5, 0.6) is 0 Å². The quantitative estimate of drug-likeness (QED) is 0.505. The summed E-state index contributed by atoms with van der Waals surface area (Å²) in [5, 5.41) is 11.9. The van der Waals surface area contributed by atoms with Crippen LogP contribution in [0.4, 0.5) is 0 Å². The molecule has 5 aliphatic carbocycles. The molecule has 9 atom stereocenters. The number of hydrogen-bond donors (Lipinski definition) is 1. The highest BCUT2D eigenvalue weighted by Gasteiger charge is 2.76. The van der Waals surface area contributed by atoms with Crippen molar-refractivity contribution in [2.75, 3.05) is 6.61 Å². The van der Waals surface area contributed by atoms with Crippen molar-refractivity contribution in [1.29, 1.82) is 0 Å². The number of ether oxygens (including phenoxy) is 3. The Labute approximate surface area is 231 Å². The molecule has 7 heteroatoms. The second kappa shape index (κ2) is 9.63. The Morgan fingerprint density at radius 1 is 1.15 bits per heavy atom. The fourth-order valence-electron chi connectivity index (χ4n) is 9.62. The summed E-state index contributed by atoms with van der Waals surface area (Å²) in [6.07, 6.45) is 12.2. The van der Waals surface area contributed by atoms with E-state index in [9.17, 15) is 19.5 Å². The van der Waals surface area contributed by atoms with Gasteiger partial charge in [0.25, 0.3) is 0 Å². The Morgan fingerprint density at radius 2 is 1.90 bits per heavy atom. The molecule has 0 aromatic heterocycles. The molecule has 0 aromatic rings. The maximum atomic E-state index is 14.2. The molecule has 1 saturated heterocycles. The number of carbonyl (C=O) groups is 3. The van der Waals surface area contributed by atoms with Crippen molar-refractivity contribution in [1.82, 2.24) is 0 Å². The third-order valence-electron chi connectivity index (χ3n) is 11.5. The van der Waals surface area contributed by atoms with Gasteiger partial charge in [-0.1, -0.05) is 58.6 Å². The lowest BCUT2D eigenvalue weighted by atomic mass is 9.46. The van der Waals surface area contributed by atoms with E-state index in [0.29, 0.717) is 12.8 Å². The molecule has 0 spiro atoms. The number of esters is 1. The van der Waals surface area contributed by atoms with Crippen LogP contribution in [0, 0.1) is 40.4 Å². The molecule has 7 nitrogen and oxygen atoms in total. The first kappa shape index (κ1) is 27.3. The molecule has 6 rings (SSSR count). The summed E-state index contributed by atoms with van der Waals surface area (Å²) in [6, 6.07) is 0. The first-order valence-electron chi connectivity index (χ1n) is 15.2. The predicted octanol–water partition coefficient (Wildman–Crippen LogP) is 4.70. The molecule has 4 unspecified atom stereocenters. The number of carbonyl (C=O) groups excluding carboxylic acids is 3. The number of aliphatic hydroxyl groups is 1. The smallest absolute Gasteiger partial charge is 0.308 e. The molecule has 4 saturated carbocycles. The van der Waals surface area contributed by atoms with Gasteiger partial charge in [-0.05, 0) is 62.5 Å². The van der Waals surface area contributed by atoms with E-state index in [1.807, 2.05) is 6.08 Å². The molecule has 5 fully saturated rings. The lowest BCUT2D eigenvalue weighted by Gasteiger charge is -2.59. The molecule has 39 heavy (non-hydrogen) atoms. The molecule has 0 bridgehead atoms. The van der Waals surface area contributed by atoms with Crippen molar-refractivity contribution in [3.63, 3.8) is 0 Å². The minimum Gasteiger partial charge on any atom is -0.457 e. The standard InChI is InChI=1S/C32H44O7/c1-18(2)28(36)37-17-25(35)32-26(38-29(39-32)19-8-6-5-7-9-19)15-23-22-11-10-20-14-21(33)12-13-30(20,3)27(22)24(34)16-31(23,32)4/h12-14,18-19,22-24,26-27,29,34H,5-11,15-17H2,1-4H3/t22?,23?,24-,26+,27?,29+,30-,31?,32+/m0/s1. The molecular weight excluding hydrogens is 496 g/mol. The summed E-state index contributed by atoms with van der Waals surface area (Å²) in [6.45, 7) is 7.44. The van der Waals surface area contributed by atoms with Gasteiger partial charge in [0, 0.05) is 22.7 Å². The van der Waals surface area contributed by atoms with Crippen LogP contribution in [-0.4, -0.2) is 53.3 Å². The lowest BCUT2D eigenvalue weighted by Crippen LogP contribution is -2.63. The van der Waals surface area contributed by atoms with E-state index in [0.717, 1.165) is 44.1 Å². The van der Waals surface area contributed by atoms with E-state index in [1.54, 1.807) is 26.0 Å². The van der Waals surface area contributed by atoms with Crippen molar-refractivity contribution in [2.24, 2.45) is 40.4 Å². The number of hydrogen-bond acceptors (Lipinski definition) is 7. The van der Waals surface area contributed by atoms with Gasteiger partial charge in [-0.3, -0.25) is 14.4 Å². The highest BCUT2D eigenvalue weighted by molar-refractivity contribution is 6.01. The lowest BCUT2D eigenvalue weighted by molar-refractivity contribution is -0.210. The molecular formula is C32H44O7. The van der Waals surface area contributed by atoms with Gasteiger partial charge in [-0.2, -0.15) is 0 Å². The normalized spacial score (nSPS) is 45.3. The zero-order valence-corrected chi connectivity index (χ0v) is 23.8. The van der Waals surface area contributed by atoms with Gasteiger partial charge < -0.3 is 19.3 Å². The summed E-state index contributed by atoms with van der Waals surface area (Å²) >= 11 is 0. The molecule has 1 N–H and O–H groups in total. The van der Waals surface area contributed by atoms with Crippen LogP contribution in [-0.2, 0) is 28.6 Å². The maximum absolute atomic E-state index is 14.2. The summed E-state index contributed by atoms with van der Waals surface area (Å²) in [5.74, 6) is -0.471. The fraction of sp³-hybridized carbons (Fsp3) is 0.781. The third kappa shape index (κ3) is 3.97. The van der Waals surface area contributed by atoms with Crippen molar-refractivity contribution in [3.8, 4) is 0 Å². The Kier molecular flexibility index (Phi) is 6.75. The zero-order valence-electron chi connectivity index (χ0n) is 23.8. The van der Waals surface area contributed by atoms with Crippen LogP contribution in [0.3, 0.4) is 0 Å². The number of ketones is 2. The van der Waals surface area contributed by atoms with Gasteiger partial charge >= 0.3 is 5.97 Å². The Morgan fingerprint density at radius 3 is 2.62 bits per heavy atom. The summed E-state index contributed by atoms with van der Waals surface area (Å²) in [5.41, 5.74) is -1.19. The van der Waals surface area contributed by atoms with Crippen LogP contribution in [0.25, 0.3) is 0 Å². The van der Waals surface area contributed by atoms with Crippen molar-refractivity contribution >= 4 is 17.5 Å². The van der Waals surface area contributed by atoms with Gasteiger partial charge in [0.1, 0.15) is 0 Å². The molecule has 1 aliphatic heterocycles. The molecule has 1 heterocycles. The molecule has 6 aliphatic rings. The first-order chi connectivity index (χ1) is 18.5. The van der Waals surface area contributed by atoms with Crippen LogP contribution in [0.2, 0.25) is 0 Å². The number of Topliss-reactive ketones (excluding diaryl/α,β-unsaturated/α-hetero) is 1. The van der Waals surface area contributed by atoms with E-state index in [2.05, 4.69) is 13.8 Å². The number of fused-ring (bicyclic) bond motifs is 7. The molecule has 214 valence electrons. The largest absolute Gasteiger partial charge is 0.457 e. The van der Waals surface area contributed by atoms with Crippen molar-refractivity contribution in [3.05, 3.63) is 23.8 Å². The van der Waals surface area contributed by atoms with E-state index >= 15 is 0 Å². The summed E-state index contributed by atoms with van der Waals surface area (Å²) < 4.78 is 19.0. The Hall–Kier alpha value is -1.83. The van der Waals surface area contributed by atoms with E-state index < -0.39 is 35.5 Å². The second-order valence-electron chi connectivity index (χ2n) is 13.9. The van der Waals surface area contributed by atoms with E-state index in [1.165, 1.54) is 6.42 Å². The van der Waals surface area contributed by atoms with Crippen molar-refractivity contribution < 1.29 is 33.7 Å². The molecule has 0 radical (unpaired) electrons. The minimum atomic E-state index is -1.25. The average molecular weight is 541 g/mol. The van der Waals surface area contributed by atoms with Crippen LogP contribution < -0.4 is 0 Å². The molecule has 0 amide bonds. The molecule has 0 aromatic carbocycles. The average Bonchev–Trinajstić information content (AvgIpc) is 3.41. The monoisotopic (exact) mass is 540 g/mol.